The zero-order valence-electron chi connectivity index (χ0n) is 18.3. The topological polar surface area (TPSA) is 164 Å². The highest BCUT2D eigenvalue weighted by Gasteiger charge is 2.36. The van der Waals surface area contributed by atoms with Crippen molar-refractivity contribution >= 4 is 11.4 Å². The van der Waals surface area contributed by atoms with E-state index in [1.807, 2.05) is 0 Å². The highest BCUT2D eigenvalue weighted by atomic mass is 16.6. The number of imidazole rings is 2. The summed E-state index contributed by atoms with van der Waals surface area (Å²) in [5, 5.41) is 32.5. The maximum Gasteiger partial charge on any atom is 0.273 e. The normalized spacial score (nSPS) is 12.8. The van der Waals surface area contributed by atoms with E-state index in [0.29, 0.717) is 22.8 Å². The van der Waals surface area contributed by atoms with E-state index in [2.05, 4.69) is 9.97 Å². The predicted molar refractivity (Wildman–Crippen MR) is 121 cm³/mol. The second kappa shape index (κ2) is 8.84. The van der Waals surface area contributed by atoms with Gasteiger partial charge < -0.3 is 34.6 Å². The summed E-state index contributed by atoms with van der Waals surface area (Å²) in [5.74, 6) is 0.747. The first-order valence-corrected chi connectivity index (χ1v) is 9.99. The number of nitrogens with two attached hydrogens (primary N) is 1. The maximum absolute atomic E-state index is 11.3. The number of rotatable bonds is 8. The lowest BCUT2D eigenvalue weighted by Crippen LogP contribution is -2.32. The van der Waals surface area contributed by atoms with E-state index in [1.165, 1.54) is 55.8 Å². The van der Waals surface area contributed by atoms with Crippen LogP contribution in [0.25, 0.3) is 11.4 Å². The van der Waals surface area contributed by atoms with Crippen molar-refractivity contribution in [2.75, 3.05) is 26.6 Å². The lowest BCUT2D eigenvalue weighted by molar-refractivity contribution is -0.384. The Morgan fingerprint density at radius 2 is 1.53 bits per heavy atom. The fourth-order valence-electron chi connectivity index (χ4n) is 3.53. The molecule has 4 aromatic rings. The third-order valence-corrected chi connectivity index (χ3v) is 5.38. The van der Waals surface area contributed by atoms with Crippen LogP contribution in [0.5, 0.6) is 11.5 Å². The fourth-order valence-corrected chi connectivity index (χ4v) is 3.53. The second-order valence-corrected chi connectivity index (χ2v) is 7.40. The van der Waals surface area contributed by atoms with Crippen LogP contribution >= 0.6 is 0 Å². The quantitative estimate of drug-likeness (QED) is 0.199. The van der Waals surface area contributed by atoms with Crippen molar-refractivity contribution in [3.63, 3.8) is 0 Å². The summed E-state index contributed by atoms with van der Waals surface area (Å²) in [6.07, 6.45) is 5.92. The standard InChI is InChI=1S/C22H22N6O6/c1-33-18-7-14(23)3-5-16(18)26-9-20(24-12-26)22(30,11-29)21-10-27(13-25-21)17-6-4-15(28(31)32)8-19(17)34-2/h3-10,12-13,29-30H,11,23H2,1-2H3. The Labute approximate surface area is 193 Å². The number of hydrogen-bond donors (Lipinski definition) is 3. The highest BCUT2D eigenvalue weighted by Crippen LogP contribution is 2.32. The minimum atomic E-state index is -1.93. The fraction of sp³-hybridized carbons (Fsp3) is 0.182. The number of non-ortho nitro benzene ring substituents is 1. The number of ether oxygens (including phenoxy) is 2. The van der Waals surface area contributed by atoms with Crippen LogP contribution in [-0.4, -0.2) is 55.1 Å². The minimum Gasteiger partial charge on any atom is -0.494 e. The van der Waals surface area contributed by atoms with Gasteiger partial charge in [-0.3, -0.25) is 10.1 Å². The number of hydrogen-bond acceptors (Lipinski definition) is 9. The number of methoxy groups -OCH3 is 2. The predicted octanol–water partition coefficient (Wildman–Crippen LogP) is 1.79. The van der Waals surface area contributed by atoms with Crippen LogP contribution in [0.15, 0.2) is 61.4 Å². The van der Waals surface area contributed by atoms with Gasteiger partial charge in [-0.1, -0.05) is 0 Å². The molecule has 0 aliphatic rings. The zero-order valence-corrected chi connectivity index (χ0v) is 18.3. The van der Waals surface area contributed by atoms with Crippen LogP contribution in [0.1, 0.15) is 11.4 Å². The molecule has 2 aromatic heterocycles. The van der Waals surface area contributed by atoms with Gasteiger partial charge in [0.05, 0.1) is 67.2 Å². The van der Waals surface area contributed by atoms with E-state index in [-0.39, 0.29) is 22.8 Å². The van der Waals surface area contributed by atoms with Crippen LogP contribution in [0.2, 0.25) is 0 Å². The average molecular weight is 466 g/mol. The number of anilines is 1. The van der Waals surface area contributed by atoms with Crippen LogP contribution in [0, 0.1) is 10.1 Å². The van der Waals surface area contributed by atoms with Gasteiger partial charge in [-0.15, -0.1) is 0 Å². The molecule has 0 radical (unpaired) electrons. The largest absolute Gasteiger partial charge is 0.494 e. The van der Waals surface area contributed by atoms with E-state index in [1.54, 1.807) is 29.0 Å². The number of nitrogens with zero attached hydrogens (tertiary/aromatic N) is 5. The van der Waals surface area contributed by atoms with Gasteiger partial charge in [0.2, 0.25) is 0 Å². The van der Waals surface area contributed by atoms with Crippen LogP contribution in [-0.2, 0) is 5.60 Å². The Balaban J connectivity index is 1.71. The van der Waals surface area contributed by atoms with E-state index in [0.717, 1.165) is 0 Å². The van der Waals surface area contributed by atoms with Crippen LogP contribution in [0.4, 0.5) is 11.4 Å². The molecule has 4 N–H and O–H groups in total. The van der Waals surface area contributed by atoms with Crippen molar-refractivity contribution in [2.45, 2.75) is 5.60 Å². The molecule has 12 nitrogen and oxygen atoms in total. The molecule has 4 rings (SSSR count). The highest BCUT2D eigenvalue weighted by molar-refractivity contribution is 5.56. The summed E-state index contributed by atoms with van der Waals surface area (Å²) in [4.78, 5) is 19.1. The SMILES string of the molecule is COc1cc(N)ccc1-n1cnc(C(O)(CO)c2cn(-c3ccc([N+](=O)[O-])cc3OC)cn2)c1. The molecule has 0 saturated heterocycles. The van der Waals surface area contributed by atoms with Gasteiger partial charge >= 0.3 is 0 Å². The lowest BCUT2D eigenvalue weighted by atomic mass is 9.98. The van der Waals surface area contributed by atoms with Gasteiger partial charge in [-0.05, 0) is 18.2 Å². The summed E-state index contributed by atoms with van der Waals surface area (Å²) in [5.41, 5.74) is 5.65. The van der Waals surface area contributed by atoms with Gasteiger partial charge in [0.25, 0.3) is 5.69 Å². The van der Waals surface area contributed by atoms with E-state index in [9.17, 15) is 20.3 Å². The van der Waals surface area contributed by atoms with Crippen molar-refractivity contribution in [3.8, 4) is 22.9 Å². The Morgan fingerprint density at radius 1 is 1.00 bits per heavy atom. The monoisotopic (exact) mass is 466 g/mol. The van der Waals surface area contributed by atoms with Crippen LogP contribution in [0.3, 0.4) is 0 Å². The second-order valence-electron chi connectivity index (χ2n) is 7.40. The van der Waals surface area contributed by atoms with Crippen molar-refractivity contribution in [3.05, 3.63) is 82.9 Å². The zero-order chi connectivity index (χ0) is 24.5. The van der Waals surface area contributed by atoms with Gasteiger partial charge in [-0.2, -0.15) is 0 Å². The number of nitro groups is 1. The molecule has 34 heavy (non-hydrogen) atoms. The molecule has 12 heteroatoms. The molecule has 1 unspecified atom stereocenters. The van der Waals surface area contributed by atoms with E-state index >= 15 is 0 Å². The number of aromatic nitrogens is 4. The smallest absolute Gasteiger partial charge is 0.273 e. The third-order valence-electron chi connectivity index (χ3n) is 5.38. The molecule has 1 atom stereocenters. The number of nitro benzene ring substituents is 1. The third kappa shape index (κ3) is 3.91. The number of aliphatic hydroxyl groups is 2. The Morgan fingerprint density at radius 3 is 2.03 bits per heavy atom. The molecule has 0 aliphatic carbocycles. The molecule has 0 saturated carbocycles. The summed E-state index contributed by atoms with van der Waals surface area (Å²) in [6.45, 7) is -0.697. The number of aliphatic hydroxyl groups excluding tert-OH is 1. The van der Waals surface area contributed by atoms with Crippen molar-refractivity contribution in [1.29, 1.82) is 0 Å². The summed E-state index contributed by atoms with van der Waals surface area (Å²) in [7, 11) is 2.90. The molecular weight excluding hydrogens is 444 g/mol. The molecule has 0 bridgehead atoms. The Hall–Kier alpha value is -4.42. The molecule has 0 spiro atoms. The first-order valence-electron chi connectivity index (χ1n) is 9.99. The average Bonchev–Trinajstić information content (AvgIpc) is 3.54. The van der Waals surface area contributed by atoms with Crippen molar-refractivity contribution in [1.82, 2.24) is 19.1 Å². The van der Waals surface area contributed by atoms with Gasteiger partial charge in [0.1, 0.15) is 11.5 Å². The lowest BCUT2D eigenvalue weighted by Gasteiger charge is -2.21. The van der Waals surface area contributed by atoms with E-state index < -0.39 is 17.1 Å². The molecule has 0 fully saturated rings. The molecule has 0 aliphatic heterocycles. The molecule has 0 amide bonds. The van der Waals surface area contributed by atoms with Crippen molar-refractivity contribution < 1.29 is 24.6 Å². The molecule has 2 heterocycles. The molecule has 2 aromatic carbocycles. The number of nitrogen functional groups attached to an aromatic ring is 1. The first-order chi connectivity index (χ1) is 16.3. The van der Waals surface area contributed by atoms with Crippen LogP contribution < -0.4 is 15.2 Å². The first kappa shape index (κ1) is 22.8. The van der Waals surface area contributed by atoms with E-state index in [4.69, 9.17) is 15.2 Å². The Kier molecular flexibility index (Phi) is 5.92. The number of benzene rings is 2. The molecule has 176 valence electrons. The van der Waals surface area contributed by atoms with Gasteiger partial charge in [-0.25, -0.2) is 9.97 Å². The summed E-state index contributed by atoms with van der Waals surface area (Å²) < 4.78 is 13.8. The summed E-state index contributed by atoms with van der Waals surface area (Å²) in [6, 6.07) is 9.23. The van der Waals surface area contributed by atoms with Gasteiger partial charge in [0, 0.05) is 30.2 Å². The van der Waals surface area contributed by atoms with Crippen molar-refractivity contribution in [2.24, 2.45) is 0 Å². The minimum absolute atomic E-state index is 0.116. The Bertz CT molecular complexity index is 1350. The van der Waals surface area contributed by atoms with Gasteiger partial charge in [0.15, 0.2) is 5.60 Å². The summed E-state index contributed by atoms with van der Waals surface area (Å²) >= 11 is 0. The molecular formula is C22H22N6O6. The maximum atomic E-state index is 11.3.